The molecule has 90 valence electrons. The minimum absolute atomic E-state index is 0.160. The van der Waals surface area contributed by atoms with Crippen LogP contribution in [0.5, 0.6) is 0 Å². The zero-order valence-electron chi connectivity index (χ0n) is 9.36. The highest BCUT2D eigenvalue weighted by atomic mass is 16.5. The molecule has 0 fully saturated rings. The van der Waals surface area contributed by atoms with E-state index in [-0.39, 0.29) is 18.9 Å². The highest BCUT2D eigenvalue weighted by Gasteiger charge is 2.14. The molecule has 3 N–H and O–H groups in total. The van der Waals surface area contributed by atoms with Gasteiger partial charge in [-0.05, 0) is 13.3 Å². The first-order valence-electron chi connectivity index (χ1n) is 4.87. The third-order valence-corrected chi connectivity index (χ3v) is 1.63. The maximum absolute atomic E-state index is 10.9. The normalized spacial score (nSPS) is 12.1. The van der Waals surface area contributed by atoms with Crippen LogP contribution in [-0.2, 0) is 19.1 Å². The second-order valence-corrected chi connectivity index (χ2v) is 3.05. The molecule has 0 unspecified atom stereocenters. The minimum atomic E-state index is -0.803. The molecule has 0 aromatic rings. The molecular formula is C10H16N2O4. The van der Waals surface area contributed by atoms with E-state index in [1.165, 1.54) is 19.1 Å². The monoisotopic (exact) mass is 228 g/mol. The molecule has 0 heterocycles. The van der Waals surface area contributed by atoms with Gasteiger partial charge in [0.1, 0.15) is 6.04 Å². The number of carbonyl (C=O) groups excluding carboxylic acids is 3. The number of nitrogens with one attached hydrogen (secondary N) is 1. The van der Waals surface area contributed by atoms with Crippen LogP contribution in [0.3, 0.4) is 0 Å². The first-order valence-corrected chi connectivity index (χ1v) is 4.87. The number of amides is 2. The molecule has 0 aliphatic rings. The number of nitrogens with two attached hydrogens (primary N) is 1. The van der Waals surface area contributed by atoms with Crippen LogP contribution in [0.15, 0.2) is 12.2 Å². The summed E-state index contributed by atoms with van der Waals surface area (Å²) in [6, 6.07) is -0.803. The number of rotatable bonds is 6. The molecule has 1 atom stereocenters. The minimum Gasteiger partial charge on any atom is -0.463 e. The molecule has 0 aliphatic heterocycles. The van der Waals surface area contributed by atoms with E-state index >= 15 is 0 Å². The van der Waals surface area contributed by atoms with Crippen LogP contribution in [0.2, 0.25) is 0 Å². The van der Waals surface area contributed by atoms with E-state index in [9.17, 15) is 14.4 Å². The van der Waals surface area contributed by atoms with E-state index < -0.39 is 17.9 Å². The third kappa shape index (κ3) is 6.58. The van der Waals surface area contributed by atoms with Gasteiger partial charge in [0.2, 0.25) is 11.8 Å². The van der Waals surface area contributed by atoms with Gasteiger partial charge in [-0.15, -0.1) is 0 Å². The molecule has 0 rings (SSSR count). The molecule has 0 radical (unpaired) electrons. The Bertz CT molecular complexity index is 299. The van der Waals surface area contributed by atoms with E-state index in [1.807, 2.05) is 0 Å². The third-order valence-electron chi connectivity index (χ3n) is 1.63. The van der Waals surface area contributed by atoms with Gasteiger partial charge in [-0.2, -0.15) is 0 Å². The van der Waals surface area contributed by atoms with Gasteiger partial charge in [-0.1, -0.05) is 6.08 Å². The lowest BCUT2D eigenvalue weighted by Gasteiger charge is -2.11. The van der Waals surface area contributed by atoms with Crippen molar-refractivity contribution < 1.29 is 19.1 Å². The average Bonchev–Trinajstić information content (AvgIpc) is 2.15. The Kier molecular flexibility index (Phi) is 6.58. The van der Waals surface area contributed by atoms with E-state index in [0.29, 0.717) is 0 Å². The SMILES string of the molecule is CCOC(=O)/C=C/C[C@@H](NC(C)=O)C(N)=O. The van der Waals surface area contributed by atoms with Crippen molar-refractivity contribution in [2.45, 2.75) is 26.3 Å². The van der Waals surface area contributed by atoms with Crippen molar-refractivity contribution >= 4 is 17.8 Å². The zero-order chi connectivity index (χ0) is 12.6. The van der Waals surface area contributed by atoms with E-state index in [1.54, 1.807) is 6.92 Å². The lowest BCUT2D eigenvalue weighted by atomic mass is 10.2. The first-order chi connectivity index (χ1) is 7.47. The Morgan fingerprint density at radius 1 is 1.44 bits per heavy atom. The van der Waals surface area contributed by atoms with Gasteiger partial charge >= 0.3 is 5.97 Å². The summed E-state index contributed by atoms with van der Waals surface area (Å²) in [6.45, 7) is 3.26. The Labute approximate surface area is 93.8 Å². The van der Waals surface area contributed by atoms with Crippen LogP contribution < -0.4 is 11.1 Å². The van der Waals surface area contributed by atoms with E-state index in [2.05, 4.69) is 10.1 Å². The first kappa shape index (κ1) is 14.2. The van der Waals surface area contributed by atoms with Crippen molar-refractivity contribution in [3.63, 3.8) is 0 Å². The van der Waals surface area contributed by atoms with Crippen molar-refractivity contribution in [1.82, 2.24) is 5.32 Å². The summed E-state index contributed by atoms with van der Waals surface area (Å²) in [5.41, 5.74) is 5.06. The summed E-state index contributed by atoms with van der Waals surface area (Å²) in [7, 11) is 0. The largest absolute Gasteiger partial charge is 0.463 e. The summed E-state index contributed by atoms with van der Waals surface area (Å²) in [5.74, 6) is -1.49. The molecule has 0 saturated heterocycles. The van der Waals surface area contributed by atoms with Gasteiger partial charge in [0.05, 0.1) is 6.61 Å². The molecule has 0 bridgehead atoms. The second-order valence-electron chi connectivity index (χ2n) is 3.05. The zero-order valence-corrected chi connectivity index (χ0v) is 9.36. The van der Waals surface area contributed by atoms with Crippen LogP contribution in [0.1, 0.15) is 20.3 Å². The molecule has 0 saturated carbocycles. The topological polar surface area (TPSA) is 98.5 Å². The average molecular weight is 228 g/mol. The van der Waals surface area contributed by atoms with Gasteiger partial charge in [0.15, 0.2) is 0 Å². The van der Waals surface area contributed by atoms with Crippen molar-refractivity contribution in [1.29, 1.82) is 0 Å². The fourth-order valence-corrected chi connectivity index (χ4v) is 0.982. The van der Waals surface area contributed by atoms with Crippen molar-refractivity contribution in [2.75, 3.05) is 6.61 Å². The number of carbonyl (C=O) groups is 3. The Balaban J connectivity index is 4.16. The summed E-state index contributed by atoms with van der Waals surface area (Å²) in [6.07, 6.45) is 2.79. The number of esters is 1. The van der Waals surface area contributed by atoms with E-state index in [4.69, 9.17) is 5.73 Å². The number of primary amides is 1. The summed E-state index contributed by atoms with van der Waals surface area (Å²) < 4.78 is 4.64. The molecule has 0 aromatic carbocycles. The van der Waals surface area contributed by atoms with Crippen LogP contribution in [-0.4, -0.2) is 30.4 Å². The fraction of sp³-hybridized carbons (Fsp3) is 0.500. The number of hydrogen-bond donors (Lipinski definition) is 2. The lowest BCUT2D eigenvalue weighted by Crippen LogP contribution is -2.43. The van der Waals surface area contributed by atoms with Gasteiger partial charge in [0.25, 0.3) is 0 Å². The molecular weight excluding hydrogens is 212 g/mol. The van der Waals surface area contributed by atoms with Crippen LogP contribution in [0.25, 0.3) is 0 Å². The van der Waals surface area contributed by atoms with Crippen LogP contribution >= 0.6 is 0 Å². The lowest BCUT2D eigenvalue weighted by molar-refractivity contribution is -0.137. The standard InChI is InChI=1S/C10H16N2O4/c1-3-16-9(14)6-4-5-8(10(11)15)12-7(2)13/h4,6,8H,3,5H2,1-2H3,(H2,11,15)(H,12,13)/b6-4+/t8-/m1/s1. The predicted octanol–water partition coefficient (Wildman–Crippen LogP) is -0.514. The highest BCUT2D eigenvalue weighted by Crippen LogP contribution is 1.94. The molecule has 0 spiro atoms. The van der Waals surface area contributed by atoms with Crippen molar-refractivity contribution in [3.05, 3.63) is 12.2 Å². The Morgan fingerprint density at radius 3 is 2.50 bits per heavy atom. The summed E-state index contributed by atoms with van der Waals surface area (Å²) in [4.78, 5) is 32.5. The van der Waals surface area contributed by atoms with Crippen LogP contribution in [0.4, 0.5) is 0 Å². The number of ether oxygens (including phenoxy) is 1. The van der Waals surface area contributed by atoms with Gasteiger partial charge in [-0.25, -0.2) is 4.79 Å². The highest BCUT2D eigenvalue weighted by molar-refractivity contribution is 5.86. The van der Waals surface area contributed by atoms with Crippen LogP contribution in [0, 0.1) is 0 Å². The maximum Gasteiger partial charge on any atom is 0.330 e. The molecule has 16 heavy (non-hydrogen) atoms. The molecule has 6 heteroatoms. The predicted molar refractivity (Wildman–Crippen MR) is 57.2 cm³/mol. The number of hydrogen-bond acceptors (Lipinski definition) is 4. The van der Waals surface area contributed by atoms with Gasteiger partial charge in [0, 0.05) is 13.0 Å². The smallest absolute Gasteiger partial charge is 0.330 e. The van der Waals surface area contributed by atoms with Gasteiger partial charge in [-0.3, -0.25) is 9.59 Å². The maximum atomic E-state index is 10.9. The summed E-state index contributed by atoms with van der Waals surface area (Å²) >= 11 is 0. The molecule has 6 nitrogen and oxygen atoms in total. The Hall–Kier alpha value is -1.85. The molecule has 0 aromatic heterocycles. The molecule has 2 amide bonds. The fourth-order valence-electron chi connectivity index (χ4n) is 0.982. The van der Waals surface area contributed by atoms with Gasteiger partial charge < -0.3 is 15.8 Å². The quantitative estimate of drug-likeness (QED) is 0.472. The second kappa shape index (κ2) is 7.44. The van der Waals surface area contributed by atoms with E-state index in [0.717, 1.165) is 0 Å². The molecule has 0 aliphatic carbocycles. The van der Waals surface area contributed by atoms with Crippen molar-refractivity contribution in [3.8, 4) is 0 Å². The van der Waals surface area contributed by atoms with Crippen molar-refractivity contribution in [2.24, 2.45) is 5.73 Å². The summed E-state index contributed by atoms with van der Waals surface area (Å²) in [5, 5.41) is 2.37. The Morgan fingerprint density at radius 2 is 2.06 bits per heavy atom.